The van der Waals surface area contributed by atoms with Crippen LogP contribution < -0.4 is 5.56 Å². The van der Waals surface area contributed by atoms with Gasteiger partial charge in [-0.05, 0) is 31.4 Å². The van der Waals surface area contributed by atoms with Gasteiger partial charge >= 0.3 is 5.97 Å². The summed E-state index contributed by atoms with van der Waals surface area (Å²) in [5, 5.41) is 16.3. The number of ether oxygens (including phenoxy) is 1. The Bertz CT molecular complexity index is 817. The normalized spacial score (nSPS) is 12.1. The van der Waals surface area contributed by atoms with Crippen molar-refractivity contribution in [2.75, 3.05) is 6.61 Å². The summed E-state index contributed by atoms with van der Waals surface area (Å²) in [4.78, 5) is 24.2. The molecule has 0 spiro atoms. The summed E-state index contributed by atoms with van der Waals surface area (Å²) < 4.78 is 7.46. The van der Waals surface area contributed by atoms with E-state index in [1.165, 1.54) is 0 Å². The third kappa shape index (κ3) is 3.25. The van der Waals surface area contributed by atoms with Crippen molar-refractivity contribution < 1.29 is 14.7 Å². The van der Waals surface area contributed by atoms with Gasteiger partial charge < -0.3 is 9.94 Å². The van der Waals surface area contributed by atoms with Crippen LogP contribution in [0.1, 0.15) is 45.0 Å². The maximum Gasteiger partial charge on any atom is 0.327 e. The van der Waals surface area contributed by atoms with Crippen molar-refractivity contribution in [2.24, 2.45) is 5.16 Å². The molecule has 0 atom stereocenters. The van der Waals surface area contributed by atoms with Crippen molar-refractivity contribution >= 4 is 17.2 Å². The van der Waals surface area contributed by atoms with Crippen molar-refractivity contribution in [1.29, 1.82) is 0 Å². The molecule has 8 heteroatoms. The van der Waals surface area contributed by atoms with E-state index < -0.39 is 11.5 Å². The van der Waals surface area contributed by atoms with Gasteiger partial charge in [0.1, 0.15) is 17.8 Å². The topological polar surface area (TPSA) is 98.2 Å². The Morgan fingerprint density at radius 1 is 1.48 bits per heavy atom. The van der Waals surface area contributed by atoms with E-state index in [1.54, 1.807) is 30.5 Å². The Balaban J connectivity index is 2.68. The highest BCUT2D eigenvalue weighted by Crippen LogP contribution is 2.17. The van der Waals surface area contributed by atoms with E-state index in [4.69, 9.17) is 9.94 Å². The van der Waals surface area contributed by atoms with Gasteiger partial charge in [-0.2, -0.15) is 0 Å². The fourth-order valence-corrected chi connectivity index (χ4v) is 2.21. The first-order valence-electron chi connectivity index (χ1n) is 7.36. The molecule has 1 N–H and O–H groups in total. The number of oxime groups is 1. The third-order valence-electron chi connectivity index (χ3n) is 3.46. The third-order valence-corrected chi connectivity index (χ3v) is 3.46. The summed E-state index contributed by atoms with van der Waals surface area (Å²) in [6.07, 6.45) is 1.78. The fourth-order valence-electron chi connectivity index (χ4n) is 2.21. The van der Waals surface area contributed by atoms with E-state index >= 15 is 0 Å². The summed E-state index contributed by atoms with van der Waals surface area (Å²) in [5.41, 5.74) is 1.15. The molecule has 0 unspecified atom stereocenters. The minimum absolute atomic E-state index is 0.215. The van der Waals surface area contributed by atoms with Crippen LogP contribution in [0.4, 0.5) is 0 Å². The molecule has 8 nitrogen and oxygen atoms in total. The molecule has 0 aliphatic carbocycles. The molecule has 0 aliphatic rings. The van der Waals surface area contributed by atoms with Crippen LogP contribution in [0.3, 0.4) is 0 Å². The molecule has 0 radical (unpaired) electrons. The van der Waals surface area contributed by atoms with Gasteiger partial charge in [-0.3, -0.25) is 14.0 Å². The monoisotopic (exact) mass is 320 g/mol. The lowest BCUT2D eigenvalue weighted by Crippen LogP contribution is -2.31. The zero-order valence-corrected chi connectivity index (χ0v) is 13.6. The number of hydrogen-bond donors (Lipinski definition) is 1. The van der Waals surface area contributed by atoms with Crippen molar-refractivity contribution in [3.8, 4) is 0 Å². The lowest BCUT2D eigenvalue weighted by Gasteiger charge is -2.09. The van der Waals surface area contributed by atoms with E-state index in [-0.39, 0.29) is 24.8 Å². The predicted molar refractivity (Wildman–Crippen MR) is 84.2 cm³/mol. The van der Waals surface area contributed by atoms with Crippen molar-refractivity contribution in [1.82, 2.24) is 14.2 Å². The Kier molecular flexibility index (Phi) is 4.83. The number of nitrogens with zero attached hydrogens (tertiary/aromatic N) is 4. The maximum absolute atomic E-state index is 12.5. The second-order valence-corrected chi connectivity index (χ2v) is 5.46. The minimum Gasteiger partial charge on any atom is -0.465 e. The van der Waals surface area contributed by atoms with Gasteiger partial charge in [0.2, 0.25) is 0 Å². The summed E-state index contributed by atoms with van der Waals surface area (Å²) in [6, 6.07) is 1.75. The quantitative estimate of drug-likeness (QED) is 0.388. The molecule has 0 saturated carbocycles. The van der Waals surface area contributed by atoms with E-state index in [9.17, 15) is 9.59 Å². The number of carbonyl (C=O) groups is 1. The van der Waals surface area contributed by atoms with Gasteiger partial charge in [0.05, 0.1) is 6.61 Å². The Morgan fingerprint density at radius 2 is 2.17 bits per heavy atom. The highest BCUT2D eigenvalue weighted by atomic mass is 16.5. The van der Waals surface area contributed by atoms with Gasteiger partial charge in [-0.15, -0.1) is 5.10 Å². The molecule has 2 heterocycles. The largest absolute Gasteiger partial charge is 0.465 e. The number of fused-ring (bicyclic) bond motifs is 1. The van der Waals surface area contributed by atoms with E-state index in [2.05, 4.69) is 10.3 Å². The molecule has 0 bridgehead atoms. The first-order chi connectivity index (χ1) is 10.9. The molecule has 0 saturated heterocycles. The molecule has 2 aromatic rings. The van der Waals surface area contributed by atoms with Crippen LogP contribution in [0, 0.1) is 0 Å². The molecular weight excluding hydrogens is 300 g/mol. The van der Waals surface area contributed by atoms with Gasteiger partial charge in [0.15, 0.2) is 5.82 Å². The molecular formula is C15H20N4O4. The van der Waals surface area contributed by atoms with Crippen LogP contribution in [-0.2, 0) is 16.1 Å². The molecule has 23 heavy (non-hydrogen) atoms. The Morgan fingerprint density at radius 3 is 2.74 bits per heavy atom. The van der Waals surface area contributed by atoms with Crippen molar-refractivity contribution in [2.45, 2.75) is 40.2 Å². The van der Waals surface area contributed by atoms with Gasteiger partial charge in [0, 0.05) is 6.20 Å². The van der Waals surface area contributed by atoms with Crippen LogP contribution in [0.2, 0.25) is 0 Å². The van der Waals surface area contributed by atoms with Gasteiger partial charge in [0.25, 0.3) is 5.56 Å². The number of hydrogen-bond acceptors (Lipinski definition) is 6. The van der Waals surface area contributed by atoms with Crippen LogP contribution in [-0.4, -0.2) is 37.7 Å². The summed E-state index contributed by atoms with van der Waals surface area (Å²) in [5.74, 6) is -0.0445. The van der Waals surface area contributed by atoms with Gasteiger partial charge in [-0.1, -0.05) is 19.0 Å². The summed E-state index contributed by atoms with van der Waals surface area (Å²) in [6.45, 7) is 7.20. The highest BCUT2D eigenvalue weighted by Gasteiger charge is 2.17. The Labute approximate surface area is 133 Å². The minimum atomic E-state index is -0.549. The average Bonchev–Trinajstić information content (AvgIpc) is 2.95. The van der Waals surface area contributed by atoms with E-state index in [1.807, 2.05) is 13.8 Å². The SMILES string of the molecule is CCOC(=O)Cn1nc(C(C)=NO)n2cc(C(C)C)cc2c1=O. The lowest BCUT2D eigenvalue weighted by atomic mass is 10.1. The summed E-state index contributed by atoms with van der Waals surface area (Å²) in [7, 11) is 0. The number of rotatable bonds is 5. The molecule has 0 amide bonds. The lowest BCUT2D eigenvalue weighted by molar-refractivity contribution is -0.144. The van der Waals surface area contributed by atoms with Crippen molar-refractivity contribution in [3.63, 3.8) is 0 Å². The van der Waals surface area contributed by atoms with Crippen LogP contribution in [0.25, 0.3) is 5.52 Å². The molecule has 2 aromatic heterocycles. The van der Waals surface area contributed by atoms with Gasteiger partial charge in [-0.25, -0.2) is 4.68 Å². The van der Waals surface area contributed by atoms with E-state index in [0.717, 1.165) is 10.2 Å². The second-order valence-electron chi connectivity index (χ2n) is 5.46. The van der Waals surface area contributed by atoms with E-state index in [0.29, 0.717) is 11.3 Å². The van der Waals surface area contributed by atoms with Crippen LogP contribution in [0.5, 0.6) is 0 Å². The molecule has 2 rings (SSSR count). The molecule has 0 aromatic carbocycles. The second kappa shape index (κ2) is 6.64. The zero-order chi connectivity index (χ0) is 17.1. The predicted octanol–water partition coefficient (Wildman–Crippen LogP) is 1.38. The zero-order valence-electron chi connectivity index (χ0n) is 13.6. The number of esters is 1. The Hall–Kier alpha value is -2.64. The fraction of sp³-hybridized carbons (Fsp3) is 0.467. The average molecular weight is 320 g/mol. The smallest absolute Gasteiger partial charge is 0.327 e. The van der Waals surface area contributed by atoms with Crippen LogP contribution in [0.15, 0.2) is 22.2 Å². The first-order valence-corrected chi connectivity index (χ1v) is 7.36. The molecule has 0 fully saturated rings. The summed E-state index contributed by atoms with van der Waals surface area (Å²) >= 11 is 0. The maximum atomic E-state index is 12.5. The van der Waals surface area contributed by atoms with Crippen molar-refractivity contribution in [3.05, 3.63) is 34.0 Å². The van der Waals surface area contributed by atoms with Crippen LogP contribution >= 0.6 is 0 Å². The number of carbonyl (C=O) groups excluding carboxylic acids is 1. The molecule has 0 aliphatic heterocycles. The standard InChI is InChI=1S/C15H20N4O4/c1-5-23-13(20)8-19-15(21)12-6-11(9(2)3)7-18(12)14(16-19)10(4)17-22/h6-7,9,22H,5,8H2,1-4H3. The number of aromatic nitrogens is 3. The first kappa shape index (κ1) is 16.7. The highest BCUT2D eigenvalue weighted by molar-refractivity contribution is 5.95. The molecule has 124 valence electrons.